The Labute approximate surface area is 121 Å². The molecule has 1 aliphatic rings. The Morgan fingerprint density at radius 1 is 1.35 bits per heavy atom. The van der Waals surface area contributed by atoms with E-state index in [0.717, 1.165) is 30.9 Å². The topological polar surface area (TPSA) is 54.0 Å². The first-order valence-corrected chi connectivity index (χ1v) is 7.67. The molecule has 2 N–H and O–H groups in total. The van der Waals surface area contributed by atoms with Gasteiger partial charge in [0.25, 0.3) is 5.91 Å². The summed E-state index contributed by atoms with van der Waals surface area (Å²) in [4.78, 5) is 16.7. The molecule has 2 rings (SSSR count). The van der Waals surface area contributed by atoms with Gasteiger partial charge in [0, 0.05) is 23.8 Å². The van der Waals surface area contributed by atoms with Gasteiger partial charge in [-0.05, 0) is 44.2 Å². The van der Waals surface area contributed by atoms with Gasteiger partial charge in [-0.3, -0.25) is 4.79 Å². The molecule has 2 atom stereocenters. The van der Waals surface area contributed by atoms with Crippen molar-refractivity contribution < 1.29 is 4.79 Å². The van der Waals surface area contributed by atoms with Crippen molar-refractivity contribution in [3.8, 4) is 0 Å². The molecule has 1 heterocycles. The molecule has 110 valence electrons. The SMILES string of the molecule is CCCNc1cc(C(=O)NC2CC2CCC)cc(C)n1. The van der Waals surface area contributed by atoms with Gasteiger partial charge >= 0.3 is 0 Å². The van der Waals surface area contributed by atoms with Crippen LogP contribution in [0.5, 0.6) is 0 Å². The molecule has 1 aromatic heterocycles. The Hall–Kier alpha value is -1.58. The van der Waals surface area contributed by atoms with Crippen LogP contribution < -0.4 is 10.6 Å². The second-order valence-electron chi connectivity index (χ2n) is 5.67. The van der Waals surface area contributed by atoms with Gasteiger partial charge in [0.2, 0.25) is 0 Å². The number of anilines is 1. The van der Waals surface area contributed by atoms with Crippen molar-refractivity contribution in [3.05, 3.63) is 23.4 Å². The fourth-order valence-corrected chi connectivity index (χ4v) is 2.51. The summed E-state index contributed by atoms with van der Waals surface area (Å²) in [6.45, 7) is 7.09. The number of amides is 1. The summed E-state index contributed by atoms with van der Waals surface area (Å²) in [7, 11) is 0. The Morgan fingerprint density at radius 3 is 2.85 bits per heavy atom. The third-order valence-corrected chi connectivity index (χ3v) is 3.67. The summed E-state index contributed by atoms with van der Waals surface area (Å²) in [6, 6.07) is 4.07. The van der Waals surface area contributed by atoms with Gasteiger partial charge in [0.15, 0.2) is 0 Å². The van der Waals surface area contributed by atoms with Gasteiger partial charge in [0.05, 0.1) is 0 Å². The first-order chi connectivity index (χ1) is 9.63. The van der Waals surface area contributed by atoms with Gasteiger partial charge < -0.3 is 10.6 Å². The molecule has 4 heteroatoms. The lowest BCUT2D eigenvalue weighted by molar-refractivity contribution is 0.0948. The largest absolute Gasteiger partial charge is 0.370 e. The number of nitrogens with one attached hydrogen (secondary N) is 2. The van der Waals surface area contributed by atoms with E-state index in [4.69, 9.17) is 0 Å². The fourth-order valence-electron chi connectivity index (χ4n) is 2.51. The number of hydrogen-bond donors (Lipinski definition) is 2. The third kappa shape index (κ3) is 3.95. The maximum Gasteiger partial charge on any atom is 0.251 e. The summed E-state index contributed by atoms with van der Waals surface area (Å²) in [5.74, 6) is 1.50. The summed E-state index contributed by atoms with van der Waals surface area (Å²) >= 11 is 0. The van der Waals surface area contributed by atoms with E-state index < -0.39 is 0 Å². The Kier molecular flexibility index (Phi) is 4.99. The molecule has 0 spiro atoms. The normalized spacial score (nSPS) is 20.6. The predicted molar refractivity (Wildman–Crippen MR) is 82.0 cm³/mol. The highest BCUT2D eigenvalue weighted by atomic mass is 16.1. The molecule has 1 saturated carbocycles. The maximum absolute atomic E-state index is 12.3. The molecule has 4 nitrogen and oxygen atoms in total. The van der Waals surface area contributed by atoms with E-state index >= 15 is 0 Å². The van der Waals surface area contributed by atoms with Crippen LogP contribution in [0.2, 0.25) is 0 Å². The van der Waals surface area contributed by atoms with Crippen LogP contribution >= 0.6 is 0 Å². The summed E-state index contributed by atoms with van der Waals surface area (Å²) in [6.07, 6.45) is 4.57. The molecule has 0 aliphatic heterocycles. The highest BCUT2D eigenvalue weighted by Gasteiger charge is 2.37. The number of carbonyl (C=O) groups excluding carboxylic acids is 1. The van der Waals surface area contributed by atoms with Crippen molar-refractivity contribution in [1.29, 1.82) is 0 Å². The van der Waals surface area contributed by atoms with Crippen molar-refractivity contribution >= 4 is 11.7 Å². The van der Waals surface area contributed by atoms with Crippen LogP contribution in [-0.4, -0.2) is 23.5 Å². The van der Waals surface area contributed by atoms with Crippen molar-refractivity contribution in [3.63, 3.8) is 0 Å². The Morgan fingerprint density at radius 2 is 2.15 bits per heavy atom. The lowest BCUT2D eigenvalue weighted by Crippen LogP contribution is -2.27. The van der Waals surface area contributed by atoms with E-state index in [1.54, 1.807) is 0 Å². The lowest BCUT2D eigenvalue weighted by atomic mass is 10.2. The molecular weight excluding hydrogens is 250 g/mol. The summed E-state index contributed by atoms with van der Waals surface area (Å²) in [5.41, 5.74) is 1.58. The maximum atomic E-state index is 12.3. The van der Waals surface area contributed by atoms with Gasteiger partial charge in [0.1, 0.15) is 5.82 Å². The molecule has 0 bridgehead atoms. The van der Waals surface area contributed by atoms with Crippen LogP contribution in [0.15, 0.2) is 12.1 Å². The summed E-state index contributed by atoms with van der Waals surface area (Å²) < 4.78 is 0. The molecule has 1 amide bonds. The number of aromatic nitrogens is 1. The van der Waals surface area contributed by atoms with Crippen LogP contribution in [0.1, 0.15) is 55.6 Å². The molecular formula is C16H25N3O. The van der Waals surface area contributed by atoms with Crippen LogP contribution in [0.25, 0.3) is 0 Å². The molecule has 2 unspecified atom stereocenters. The average molecular weight is 275 g/mol. The van der Waals surface area contributed by atoms with E-state index in [1.807, 2.05) is 19.1 Å². The average Bonchev–Trinajstić information content (AvgIpc) is 3.14. The van der Waals surface area contributed by atoms with Gasteiger partial charge in [-0.1, -0.05) is 20.3 Å². The van der Waals surface area contributed by atoms with Gasteiger partial charge in [-0.2, -0.15) is 0 Å². The zero-order chi connectivity index (χ0) is 14.5. The lowest BCUT2D eigenvalue weighted by Gasteiger charge is -2.09. The van der Waals surface area contributed by atoms with E-state index in [0.29, 0.717) is 17.5 Å². The standard InChI is InChI=1S/C16H25N3O/c1-4-6-12-9-14(12)19-16(20)13-8-11(3)18-15(10-13)17-7-5-2/h8,10,12,14H,4-7,9H2,1-3H3,(H,17,18)(H,19,20). The van der Waals surface area contributed by atoms with E-state index in [1.165, 1.54) is 12.8 Å². The molecule has 20 heavy (non-hydrogen) atoms. The smallest absolute Gasteiger partial charge is 0.251 e. The molecule has 0 aromatic carbocycles. The molecule has 1 aromatic rings. The number of nitrogens with zero attached hydrogens (tertiary/aromatic N) is 1. The van der Waals surface area contributed by atoms with E-state index in [2.05, 4.69) is 29.5 Å². The number of pyridine rings is 1. The monoisotopic (exact) mass is 275 g/mol. The Bertz CT molecular complexity index is 473. The molecule has 0 saturated heterocycles. The second kappa shape index (κ2) is 6.73. The van der Waals surface area contributed by atoms with Gasteiger partial charge in [-0.25, -0.2) is 4.98 Å². The van der Waals surface area contributed by atoms with Gasteiger partial charge in [-0.15, -0.1) is 0 Å². The van der Waals surface area contributed by atoms with Crippen LogP contribution in [0.4, 0.5) is 5.82 Å². The predicted octanol–water partition coefficient (Wildman–Crippen LogP) is 3.13. The molecule has 1 aliphatic carbocycles. The zero-order valence-corrected chi connectivity index (χ0v) is 12.7. The van der Waals surface area contributed by atoms with Crippen molar-refractivity contribution in [2.45, 2.75) is 52.5 Å². The number of carbonyl (C=O) groups is 1. The zero-order valence-electron chi connectivity index (χ0n) is 12.7. The van der Waals surface area contributed by atoms with Crippen LogP contribution in [0, 0.1) is 12.8 Å². The fraction of sp³-hybridized carbons (Fsp3) is 0.625. The van der Waals surface area contributed by atoms with Crippen LogP contribution in [0.3, 0.4) is 0 Å². The molecule has 0 radical (unpaired) electrons. The first kappa shape index (κ1) is 14.8. The number of aryl methyl sites for hydroxylation is 1. The third-order valence-electron chi connectivity index (χ3n) is 3.67. The summed E-state index contributed by atoms with van der Waals surface area (Å²) in [5, 5.41) is 6.36. The van der Waals surface area contributed by atoms with Crippen molar-refractivity contribution in [1.82, 2.24) is 10.3 Å². The van der Waals surface area contributed by atoms with Crippen LogP contribution in [-0.2, 0) is 0 Å². The van der Waals surface area contributed by atoms with E-state index in [9.17, 15) is 4.79 Å². The minimum absolute atomic E-state index is 0.0265. The minimum Gasteiger partial charge on any atom is -0.370 e. The number of hydrogen-bond acceptors (Lipinski definition) is 3. The highest BCUT2D eigenvalue weighted by molar-refractivity contribution is 5.95. The highest BCUT2D eigenvalue weighted by Crippen LogP contribution is 2.34. The Balaban J connectivity index is 1.97. The second-order valence-corrected chi connectivity index (χ2v) is 5.67. The number of rotatable bonds is 7. The van der Waals surface area contributed by atoms with E-state index in [-0.39, 0.29) is 5.91 Å². The van der Waals surface area contributed by atoms with Crippen molar-refractivity contribution in [2.24, 2.45) is 5.92 Å². The minimum atomic E-state index is 0.0265. The quantitative estimate of drug-likeness (QED) is 0.804. The molecule has 1 fully saturated rings. The van der Waals surface area contributed by atoms with Crippen molar-refractivity contribution in [2.75, 3.05) is 11.9 Å². The first-order valence-electron chi connectivity index (χ1n) is 7.67.